The van der Waals surface area contributed by atoms with E-state index >= 15 is 0 Å². The van der Waals surface area contributed by atoms with Gasteiger partial charge >= 0.3 is 0 Å². The lowest BCUT2D eigenvalue weighted by Gasteiger charge is -2.00. The van der Waals surface area contributed by atoms with E-state index in [0.29, 0.717) is 16.9 Å². The van der Waals surface area contributed by atoms with Crippen LogP contribution in [0.4, 0.5) is 0 Å². The van der Waals surface area contributed by atoms with Crippen LogP contribution in [0.1, 0.15) is 18.4 Å². The largest absolute Gasteiger partial charge is 0.302 e. The monoisotopic (exact) mass is 297 g/mol. The molecule has 0 spiro atoms. The molecule has 1 aromatic carbocycles. The van der Waals surface area contributed by atoms with Crippen LogP contribution < -0.4 is 0 Å². The van der Waals surface area contributed by atoms with E-state index in [0.717, 1.165) is 0 Å². The molecule has 4 nitrogen and oxygen atoms in total. The lowest BCUT2D eigenvalue weighted by Crippen LogP contribution is -2.17. The number of carbonyl (C=O) groups excluding carboxylic acids is 1. The first-order valence-electron chi connectivity index (χ1n) is 5.77. The quantitative estimate of drug-likeness (QED) is 0.796. The fourth-order valence-electron chi connectivity index (χ4n) is 2.48. The summed E-state index contributed by atoms with van der Waals surface area (Å²) in [6.45, 7) is 1.51. The lowest BCUT2D eigenvalue weighted by molar-refractivity contribution is -0.110. The number of nitriles is 1. The Bertz CT molecular complexity index is 647. The third kappa shape index (κ3) is 2.05. The standard InChI is InChI=1S/C13H12ClNO3S/c1-2-19(17,18)12-11(13(12,7-15)8-16)9-3-5-10(14)6-4-9/h3-6,8,11-12H,2H2,1H3/t11-,12+,13-/m0/s1. The summed E-state index contributed by atoms with van der Waals surface area (Å²) in [6, 6.07) is 8.44. The number of benzene rings is 1. The molecule has 19 heavy (non-hydrogen) atoms. The predicted molar refractivity (Wildman–Crippen MR) is 71.6 cm³/mol. The number of hydrogen-bond acceptors (Lipinski definition) is 4. The van der Waals surface area contributed by atoms with Crippen molar-refractivity contribution >= 4 is 27.7 Å². The molecule has 1 aromatic rings. The van der Waals surface area contributed by atoms with Crippen LogP contribution in [-0.4, -0.2) is 25.7 Å². The Balaban J connectivity index is 2.49. The number of sulfone groups is 1. The molecule has 0 bridgehead atoms. The van der Waals surface area contributed by atoms with Crippen LogP contribution in [0.25, 0.3) is 0 Å². The number of halogens is 1. The van der Waals surface area contributed by atoms with Crippen molar-refractivity contribution in [1.29, 1.82) is 5.26 Å². The maximum Gasteiger partial charge on any atom is 0.155 e. The van der Waals surface area contributed by atoms with E-state index in [1.165, 1.54) is 6.92 Å². The first-order chi connectivity index (χ1) is 8.93. The van der Waals surface area contributed by atoms with Gasteiger partial charge in [0.1, 0.15) is 11.7 Å². The minimum absolute atomic E-state index is 0.0843. The van der Waals surface area contributed by atoms with Crippen LogP contribution >= 0.6 is 11.6 Å². The Labute approximate surface area is 116 Å². The van der Waals surface area contributed by atoms with E-state index in [1.807, 2.05) is 6.07 Å². The van der Waals surface area contributed by atoms with E-state index in [1.54, 1.807) is 24.3 Å². The fraction of sp³-hybridized carbons (Fsp3) is 0.385. The third-order valence-electron chi connectivity index (χ3n) is 3.59. The summed E-state index contributed by atoms with van der Waals surface area (Å²) in [7, 11) is -3.45. The molecular weight excluding hydrogens is 286 g/mol. The smallest absolute Gasteiger partial charge is 0.155 e. The zero-order valence-corrected chi connectivity index (χ0v) is 11.8. The minimum Gasteiger partial charge on any atom is -0.302 e. The number of carbonyl (C=O) groups is 1. The van der Waals surface area contributed by atoms with Crippen LogP contribution in [0.3, 0.4) is 0 Å². The van der Waals surface area contributed by atoms with Crippen molar-refractivity contribution < 1.29 is 13.2 Å². The van der Waals surface area contributed by atoms with Crippen molar-refractivity contribution in [2.45, 2.75) is 18.1 Å². The highest BCUT2D eigenvalue weighted by atomic mass is 35.5. The molecule has 0 heterocycles. The fourth-order valence-corrected chi connectivity index (χ4v) is 4.53. The summed E-state index contributed by atoms with van der Waals surface area (Å²) in [5.74, 6) is -0.684. The molecule has 1 aliphatic rings. The van der Waals surface area contributed by atoms with E-state index in [9.17, 15) is 18.5 Å². The van der Waals surface area contributed by atoms with Crippen LogP contribution in [0.15, 0.2) is 24.3 Å². The number of rotatable bonds is 4. The van der Waals surface area contributed by atoms with Crippen molar-refractivity contribution in [3.05, 3.63) is 34.9 Å². The summed E-state index contributed by atoms with van der Waals surface area (Å²) >= 11 is 5.78. The molecule has 0 radical (unpaired) electrons. The average molecular weight is 298 g/mol. The Morgan fingerprint density at radius 2 is 2.00 bits per heavy atom. The van der Waals surface area contributed by atoms with Gasteiger partial charge in [0.2, 0.25) is 0 Å². The second-order valence-electron chi connectivity index (χ2n) is 4.56. The summed E-state index contributed by atoms with van der Waals surface area (Å²) in [4.78, 5) is 11.2. The third-order valence-corrected chi connectivity index (χ3v) is 6.08. The normalized spacial score (nSPS) is 29.5. The highest BCUT2D eigenvalue weighted by molar-refractivity contribution is 7.92. The van der Waals surface area contributed by atoms with Gasteiger partial charge in [-0.2, -0.15) is 5.26 Å². The molecule has 6 heteroatoms. The second-order valence-corrected chi connectivity index (χ2v) is 7.41. The van der Waals surface area contributed by atoms with Gasteiger partial charge < -0.3 is 4.79 Å². The van der Waals surface area contributed by atoms with Crippen molar-refractivity contribution in [2.24, 2.45) is 5.41 Å². The van der Waals surface area contributed by atoms with Gasteiger partial charge in [-0.05, 0) is 17.7 Å². The zero-order valence-electron chi connectivity index (χ0n) is 10.2. The molecule has 1 fully saturated rings. The van der Waals surface area contributed by atoms with Gasteiger partial charge in [0.05, 0.1) is 11.3 Å². The van der Waals surface area contributed by atoms with Gasteiger partial charge in [-0.25, -0.2) is 8.42 Å². The molecule has 0 amide bonds. The molecule has 0 saturated heterocycles. The van der Waals surface area contributed by atoms with E-state index in [-0.39, 0.29) is 5.75 Å². The average Bonchev–Trinajstić information content (AvgIpc) is 3.10. The number of nitrogens with zero attached hydrogens (tertiary/aromatic N) is 1. The van der Waals surface area contributed by atoms with E-state index < -0.39 is 26.4 Å². The highest BCUT2D eigenvalue weighted by Crippen LogP contribution is 2.61. The Hall–Kier alpha value is -1.38. The molecule has 0 N–H and O–H groups in total. The minimum atomic E-state index is -3.45. The van der Waals surface area contributed by atoms with Gasteiger partial charge in [0.15, 0.2) is 9.84 Å². The molecule has 1 saturated carbocycles. The summed E-state index contributed by atoms with van der Waals surface area (Å²) in [5.41, 5.74) is -0.803. The highest BCUT2D eigenvalue weighted by Gasteiger charge is 2.72. The first kappa shape index (κ1) is 14.0. The molecule has 2 rings (SSSR count). The molecule has 3 atom stereocenters. The molecular formula is C13H12ClNO3S. The van der Waals surface area contributed by atoms with E-state index in [2.05, 4.69) is 0 Å². The van der Waals surface area contributed by atoms with Gasteiger partial charge in [-0.15, -0.1) is 0 Å². The van der Waals surface area contributed by atoms with Crippen LogP contribution in [-0.2, 0) is 14.6 Å². The van der Waals surface area contributed by atoms with Crippen LogP contribution in [0.2, 0.25) is 5.02 Å². The second kappa shape index (κ2) is 4.62. The molecule has 0 aliphatic heterocycles. The molecule has 100 valence electrons. The SMILES string of the molecule is CCS(=O)(=O)[C@@H]1[C@H](c2ccc(Cl)cc2)[C@]1(C#N)C=O. The van der Waals surface area contributed by atoms with Crippen molar-refractivity contribution in [2.75, 3.05) is 5.75 Å². The van der Waals surface area contributed by atoms with Crippen LogP contribution in [0, 0.1) is 16.7 Å². The summed E-state index contributed by atoms with van der Waals surface area (Å²) < 4.78 is 24.0. The van der Waals surface area contributed by atoms with Crippen molar-refractivity contribution in [1.82, 2.24) is 0 Å². The maximum absolute atomic E-state index is 12.0. The Morgan fingerprint density at radius 1 is 1.42 bits per heavy atom. The van der Waals surface area contributed by atoms with Gasteiger partial charge in [0.25, 0.3) is 0 Å². The van der Waals surface area contributed by atoms with Gasteiger partial charge in [-0.3, -0.25) is 0 Å². The molecule has 0 aromatic heterocycles. The summed E-state index contributed by atoms with van der Waals surface area (Å²) in [5, 5.41) is 8.77. The summed E-state index contributed by atoms with van der Waals surface area (Å²) in [6.07, 6.45) is 0.462. The van der Waals surface area contributed by atoms with E-state index in [4.69, 9.17) is 11.6 Å². The Morgan fingerprint density at radius 3 is 2.42 bits per heavy atom. The van der Waals surface area contributed by atoms with Crippen LogP contribution in [0.5, 0.6) is 0 Å². The Kier molecular flexibility index (Phi) is 3.41. The van der Waals surface area contributed by atoms with Crippen molar-refractivity contribution in [3.8, 4) is 6.07 Å². The molecule has 0 unspecified atom stereocenters. The maximum atomic E-state index is 12.0. The van der Waals surface area contributed by atoms with Gasteiger partial charge in [0, 0.05) is 16.7 Å². The number of aldehydes is 1. The molecule has 1 aliphatic carbocycles. The van der Waals surface area contributed by atoms with Gasteiger partial charge in [-0.1, -0.05) is 30.7 Å². The zero-order chi connectivity index (χ0) is 14.3. The lowest BCUT2D eigenvalue weighted by atomic mass is 10.0. The van der Waals surface area contributed by atoms with Crippen molar-refractivity contribution in [3.63, 3.8) is 0 Å². The first-order valence-corrected chi connectivity index (χ1v) is 7.87. The number of hydrogen-bond donors (Lipinski definition) is 0. The topological polar surface area (TPSA) is 75.0 Å². The predicted octanol–water partition coefficient (Wildman–Crippen LogP) is 1.95.